The van der Waals surface area contributed by atoms with Gasteiger partial charge in [-0.15, -0.1) is 0 Å². The Morgan fingerprint density at radius 1 is 1.39 bits per heavy atom. The Bertz CT molecular complexity index is 377. The van der Waals surface area contributed by atoms with Gasteiger partial charge in [-0.05, 0) is 46.6 Å². The second kappa shape index (κ2) is 7.37. The van der Waals surface area contributed by atoms with Crippen LogP contribution >= 0.6 is 0 Å². The smallest absolute Gasteiger partial charge is 0.128 e. The Morgan fingerprint density at radius 2 is 2.11 bits per heavy atom. The molecule has 3 nitrogen and oxygen atoms in total. The quantitative estimate of drug-likeness (QED) is 0.807. The zero-order valence-electron chi connectivity index (χ0n) is 12.3. The molecular formula is C15H26N2O. The van der Waals surface area contributed by atoms with Gasteiger partial charge in [-0.25, -0.2) is 0 Å². The van der Waals surface area contributed by atoms with Gasteiger partial charge in [0.05, 0.1) is 7.11 Å². The number of nitrogens with one attached hydrogen (secondary N) is 1. The van der Waals surface area contributed by atoms with Crippen LogP contribution in [-0.2, 0) is 6.42 Å². The molecule has 0 amide bonds. The molecule has 0 aliphatic heterocycles. The van der Waals surface area contributed by atoms with Gasteiger partial charge in [0.1, 0.15) is 5.75 Å². The molecule has 1 atom stereocenters. The highest BCUT2D eigenvalue weighted by molar-refractivity contribution is 5.41. The highest BCUT2D eigenvalue weighted by Crippen LogP contribution is 2.24. The predicted octanol–water partition coefficient (Wildman–Crippen LogP) is 3.03. The largest absolute Gasteiger partial charge is 0.496 e. The van der Waals surface area contributed by atoms with E-state index in [9.17, 15) is 0 Å². The van der Waals surface area contributed by atoms with Gasteiger partial charge in [-0.2, -0.15) is 0 Å². The third kappa shape index (κ3) is 3.98. The maximum atomic E-state index is 5.43. The molecule has 0 bridgehead atoms. The maximum Gasteiger partial charge on any atom is 0.128 e. The Kier molecular flexibility index (Phi) is 6.13. The molecule has 1 aromatic heterocycles. The van der Waals surface area contributed by atoms with Crippen LogP contribution in [0, 0.1) is 13.8 Å². The van der Waals surface area contributed by atoms with E-state index in [-0.39, 0.29) is 0 Å². The van der Waals surface area contributed by atoms with E-state index >= 15 is 0 Å². The molecule has 0 saturated heterocycles. The van der Waals surface area contributed by atoms with Crippen molar-refractivity contribution in [2.75, 3.05) is 13.7 Å². The van der Waals surface area contributed by atoms with Gasteiger partial charge in [0.15, 0.2) is 0 Å². The molecule has 18 heavy (non-hydrogen) atoms. The molecule has 102 valence electrons. The summed E-state index contributed by atoms with van der Waals surface area (Å²) in [7, 11) is 1.73. The Balaban J connectivity index is 2.58. The van der Waals surface area contributed by atoms with Gasteiger partial charge < -0.3 is 10.1 Å². The lowest BCUT2D eigenvalue weighted by Crippen LogP contribution is -2.25. The van der Waals surface area contributed by atoms with E-state index in [4.69, 9.17) is 4.74 Å². The third-order valence-corrected chi connectivity index (χ3v) is 3.35. The highest BCUT2D eigenvalue weighted by atomic mass is 16.5. The van der Waals surface area contributed by atoms with Crippen LogP contribution in [0.25, 0.3) is 0 Å². The summed E-state index contributed by atoms with van der Waals surface area (Å²) in [4.78, 5) is 4.53. The van der Waals surface area contributed by atoms with Crippen molar-refractivity contribution in [1.29, 1.82) is 0 Å². The molecule has 0 spiro atoms. The van der Waals surface area contributed by atoms with Gasteiger partial charge in [-0.1, -0.05) is 6.92 Å². The fourth-order valence-corrected chi connectivity index (χ4v) is 2.35. The minimum Gasteiger partial charge on any atom is -0.496 e. The van der Waals surface area contributed by atoms with E-state index in [1.807, 2.05) is 13.1 Å². The van der Waals surface area contributed by atoms with Crippen molar-refractivity contribution in [3.63, 3.8) is 0 Å². The molecular weight excluding hydrogens is 224 g/mol. The van der Waals surface area contributed by atoms with Crippen LogP contribution in [0.4, 0.5) is 0 Å². The molecule has 0 aliphatic carbocycles. The van der Waals surface area contributed by atoms with E-state index in [0.717, 1.165) is 30.7 Å². The Hall–Kier alpha value is -1.09. The molecule has 1 heterocycles. The summed E-state index contributed by atoms with van der Waals surface area (Å²) >= 11 is 0. The third-order valence-electron chi connectivity index (χ3n) is 3.35. The minimum absolute atomic E-state index is 0.586. The first-order valence-electron chi connectivity index (χ1n) is 6.82. The van der Waals surface area contributed by atoms with E-state index in [1.54, 1.807) is 7.11 Å². The number of aryl methyl sites for hydroxylation is 2. The summed E-state index contributed by atoms with van der Waals surface area (Å²) in [6, 6.07) is 0.586. The topological polar surface area (TPSA) is 34.2 Å². The standard InChI is InChI=1S/C15H26N2O/c1-6-16-12(3)8-7-9-14-13(4)15(18-5)11(2)10-17-14/h10,12,16H,6-9H2,1-5H3. The monoisotopic (exact) mass is 250 g/mol. The molecule has 1 N–H and O–H groups in total. The van der Waals surface area contributed by atoms with Gasteiger partial charge >= 0.3 is 0 Å². The van der Waals surface area contributed by atoms with Crippen molar-refractivity contribution in [2.45, 2.75) is 53.0 Å². The molecule has 0 saturated carbocycles. The first kappa shape index (κ1) is 15.0. The summed E-state index contributed by atoms with van der Waals surface area (Å²) < 4.78 is 5.43. The van der Waals surface area contributed by atoms with Crippen LogP contribution in [0.3, 0.4) is 0 Å². The SMILES string of the molecule is CCNC(C)CCCc1ncc(C)c(OC)c1C. The number of methoxy groups -OCH3 is 1. The molecule has 3 heteroatoms. The Labute approximate surface area is 111 Å². The first-order valence-corrected chi connectivity index (χ1v) is 6.82. The normalized spacial score (nSPS) is 12.5. The highest BCUT2D eigenvalue weighted by Gasteiger charge is 2.09. The number of nitrogens with zero attached hydrogens (tertiary/aromatic N) is 1. The van der Waals surface area contributed by atoms with Gasteiger partial charge in [0, 0.05) is 29.1 Å². The van der Waals surface area contributed by atoms with Crippen molar-refractivity contribution in [2.24, 2.45) is 0 Å². The van der Waals surface area contributed by atoms with Crippen LogP contribution in [-0.4, -0.2) is 24.7 Å². The fourth-order valence-electron chi connectivity index (χ4n) is 2.35. The van der Waals surface area contributed by atoms with Crippen LogP contribution < -0.4 is 10.1 Å². The molecule has 1 rings (SSSR count). The van der Waals surface area contributed by atoms with Gasteiger partial charge in [0.2, 0.25) is 0 Å². The minimum atomic E-state index is 0.586. The zero-order chi connectivity index (χ0) is 13.5. The van der Waals surface area contributed by atoms with E-state index in [0.29, 0.717) is 6.04 Å². The van der Waals surface area contributed by atoms with E-state index in [2.05, 4.69) is 31.1 Å². The number of aromatic nitrogens is 1. The molecule has 1 unspecified atom stereocenters. The summed E-state index contributed by atoms with van der Waals surface area (Å²) in [5, 5.41) is 3.43. The second-order valence-electron chi connectivity index (χ2n) is 4.90. The van der Waals surface area contributed by atoms with E-state index < -0.39 is 0 Å². The molecule has 0 radical (unpaired) electrons. The second-order valence-corrected chi connectivity index (χ2v) is 4.90. The zero-order valence-corrected chi connectivity index (χ0v) is 12.3. The lowest BCUT2D eigenvalue weighted by molar-refractivity contribution is 0.406. The van der Waals surface area contributed by atoms with Gasteiger partial charge in [-0.3, -0.25) is 4.98 Å². The predicted molar refractivity (Wildman–Crippen MR) is 76.3 cm³/mol. The lowest BCUT2D eigenvalue weighted by Gasteiger charge is -2.14. The molecule has 0 aliphatic rings. The summed E-state index contributed by atoms with van der Waals surface area (Å²) in [5.74, 6) is 0.986. The van der Waals surface area contributed by atoms with Crippen LogP contribution in [0.2, 0.25) is 0 Å². The average Bonchev–Trinajstić information content (AvgIpc) is 2.33. The summed E-state index contributed by atoms with van der Waals surface area (Å²) in [6.07, 6.45) is 5.28. The Morgan fingerprint density at radius 3 is 2.72 bits per heavy atom. The number of hydrogen-bond donors (Lipinski definition) is 1. The number of pyridine rings is 1. The summed E-state index contributed by atoms with van der Waals surface area (Å²) in [5.41, 5.74) is 3.47. The van der Waals surface area contributed by atoms with Crippen molar-refractivity contribution < 1.29 is 4.74 Å². The van der Waals surface area contributed by atoms with Crippen LogP contribution in [0.1, 0.15) is 43.5 Å². The van der Waals surface area contributed by atoms with Crippen molar-refractivity contribution in [3.05, 3.63) is 23.0 Å². The first-order chi connectivity index (χ1) is 8.60. The molecule has 0 fully saturated rings. The lowest BCUT2D eigenvalue weighted by atomic mass is 10.0. The van der Waals surface area contributed by atoms with Crippen LogP contribution in [0.15, 0.2) is 6.20 Å². The summed E-state index contributed by atoms with van der Waals surface area (Å²) in [6.45, 7) is 9.56. The number of ether oxygens (including phenoxy) is 1. The van der Waals surface area contributed by atoms with Gasteiger partial charge in [0.25, 0.3) is 0 Å². The van der Waals surface area contributed by atoms with Crippen molar-refractivity contribution in [1.82, 2.24) is 10.3 Å². The molecule has 0 aromatic carbocycles. The number of rotatable bonds is 7. The number of hydrogen-bond acceptors (Lipinski definition) is 3. The average molecular weight is 250 g/mol. The van der Waals surface area contributed by atoms with Crippen molar-refractivity contribution in [3.8, 4) is 5.75 Å². The molecule has 1 aromatic rings. The maximum absolute atomic E-state index is 5.43. The van der Waals surface area contributed by atoms with Crippen molar-refractivity contribution >= 4 is 0 Å². The van der Waals surface area contributed by atoms with E-state index in [1.165, 1.54) is 17.7 Å². The fraction of sp³-hybridized carbons (Fsp3) is 0.667. The van der Waals surface area contributed by atoms with Crippen LogP contribution in [0.5, 0.6) is 5.75 Å².